The molecule has 0 bridgehead atoms. The van der Waals surface area contributed by atoms with Gasteiger partial charge in [-0.05, 0) is 44.0 Å². The van der Waals surface area contributed by atoms with E-state index in [2.05, 4.69) is 10.6 Å². The van der Waals surface area contributed by atoms with Crippen LogP contribution in [0.4, 0.5) is 5.69 Å². The molecule has 1 aromatic rings. The van der Waals surface area contributed by atoms with E-state index in [-0.39, 0.29) is 23.5 Å². The molecule has 1 aliphatic rings. The molecular weight excluding hydrogens is 288 g/mol. The van der Waals surface area contributed by atoms with Crippen LogP contribution < -0.4 is 10.6 Å². The molecule has 1 unspecified atom stereocenters. The first kappa shape index (κ1) is 15.8. The van der Waals surface area contributed by atoms with Crippen LogP contribution in [0.3, 0.4) is 0 Å². The summed E-state index contributed by atoms with van der Waals surface area (Å²) in [6, 6.07) is 7.28. The van der Waals surface area contributed by atoms with Gasteiger partial charge in [-0.2, -0.15) is 0 Å². The van der Waals surface area contributed by atoms with E-state index in [0.717, 1.165) is 18.5 Å². The number of rotatable bonds is 7. The van der Waals surface area contributed by atoms with Crippen molar-refractivity contribution in [3.05, 3.63) is 29.8 Å². The lowest BCUT2D eigenvalue weighted by Gasteiger charge is -2.15. The molecule has 2 rings (SSSR count). The molecule has 6 heteroatoms. The van der Waals surface area contributed by atoms with Crippen molar-refractivity contribution in [2.45, 2.75) is 38.8 Å². The van der Waals surface area contributed by atoms with Crippen molar-refractivity contribution >= 4 is 21.4 Å². The highest BCUT2D eigenvalue weighted by Crippen LogP contribution is 2.19. The monoisotopic (exact) mass is 310 g/mol. The smallest absolute Gasteiger partial charge is 0.251 e. The van der Waals surface area contributed by atoms with Gasteiger partial charge >= 0.3 is 0 Å². The molecule has 0 spiro atoms. The van der Waals surface area contributed by atoms with Crippen LogP contribution in [0.5, 0.6) is 0 Å². The van der Waals surface area contributed by atoms with Crippen molar-refractivity contribution in [2.24, 2.45) is 0 Å². The Morgan fingerprint density at radius 1 is 1.29 bits per heavy atom. The summed E-state index contributed by atoms with van der Waals surface area (Å²) in [4.78, 5) is 11.8. The maximum absolute atomic E-state index is 11.8. The Bertz CT molecular complexity index is 592. The molecule has 0 aliphatic heterocycles. The molecule has 0 aromatic heterocycles. The van der Waals surface area contributed by atoms with Crippen molar-refractivity contribution in [1.29, 1.82) is 0 Å². The third kappa shape index (κ3) is 5.04. The molecule has 1 atom stereocenters. The van der Waals surface area contributed by atoms with Crippen LogP contribution in [-0.4, -0.2) is 37.9 Å². The quantitative estimate of drug-likeness (QED) is 0.805. The van der Waals surface area contributed by atoms with Crippen LogP contribution in [-0.2, 0) is 9.84 Å². The highest BCUT2D eigenvalue weighted by atomic mass is 32.2. The number of carbonyl (C=O) groups is 1. The van der Waals surface area contributed by atoms with E-state index < -0.39 is 9.84 Å². The summed E-state index contributed by atoms with van der Waals surface area (Å²) in [5, 5.41) is 6.07. The minimum atomic E-state index is -2.99. The predicted molar refractivity (Wildman–Crippen MR) is 84.3 cm³/mol. The van der Waals surface area contributed by atoms with Crippen LogP contribution in [0.25, 0.3) is 0 Å². The van der Waals surface area contributed by atoms with E-state index in [1.165, 1.54) is 0 Å². The third-order valence-corrected chi connectivity index (χ3v) is 5.30. The first-order chi connectivity index (χ1) is 9.89. The molecule has 1 fully saturated rings. The van der Waals surface area contributed by atoms with Gasteiger partial charge in [0.05, 0.1) is 5.75 Å². The minimum absolute atomic E-state index is 0.0503. The van der Waals surface area contributed by atoms with Crippen LogP contribution in [0.2, 0.25) is 0 Å². The summed E-state index contributed by atoms with van der Waals surface area (Å²) in [5.74, 6) is 0.206. The maximum Gasteiger partial charge on any atom is 0.251 e. The fourth-order valence-electron chi connectivity index (χ4n) is 2.04. The number of sulfone groups is 1. The Morgan fingerprint density at radius 3 is 2.43 bits per heavy atom. The largest absolute Gasteiger partial charge is 0.382 e. The molecule has 116 valence electrons. The summed E-state index contributed by atoms with van der Waals surface area (Å²) >= 11 is 0. The number of benzene rings is 1. The molecule has 21 heavy (non-hydrogen) atoms. The molecule has 1 saturated carbocycles. The molecular formula is C15H22N2O3S. The number of hydrogen-bond donors (Lipinski definition) is 2. The fraction of sp³-hybridized carbons (Fsp3) is 0.533. The van der Waals surface area contributed by atoms with Gasteiger partial charge in [-0.15, -0.1) is 0 Å². The van der Waals surface area contributed by atoms with Crippen LogP contribution in [0.15, 0.2) is 24.3 Å². The summed E-state index contributed by atoms with van der Waals surface area (Å²) in [6.45, 7) is 3.48. The molecule has 1 aromatic carbocycles. The number of nitrogens with one attached hydrogen (secondary N) is 2. The molecule has 1 aliphatic carbocycles. The van der Waals surface area contributed by atoms with Gasteiger partial charge in [0.25, 0.3) is 5.91 Å². The average molecular weight is 310 g/mol. The van der Waals surface area contributed by atoms with Gasteiger partial charge in [0.1, 0.15) is 0 Å². The molecule has 0 heterocycles. The second-order valence-electron chi connectivity index (χ2n) is 5.57. The Kier molecular flexibility index (Phi) is 4.88. The van der Waals surface area contributed by atoms with E-state index in [9.17, 15) is 13.2 Å². The minimum Gasteiger partial charge on any atom is -0.382 e. The maximum atomic E-state index is 11.8. The first-order valence-electron chi connectivity index (χ1n) is 7.27. The topological polar surface area (TPSA) is 75.3 Å². The van der Waals surface area contributed by atoms with Gasteiger partial charge in [-0.25, -0.2) is 8.42 Å². The van der Waals surface area contributed by atoms with Crippen molar-refractivity contribution in [1.82, 2.24) is 5.32 Å². The van der Waals surface area contributed by atoms with Gasteiger partial charge in [0.2, 0.25) is 0 Å². The second kappa shape index (κ2) is 6.47. The highest BCUT2D eigenvalue weighted by Gasteiger charge is 2.23. The first-order valence-corrected chi connectivity index (χ1v) is 9.09. The fourth-order valence-corrected chi connectivity index (χ4v) is 3.12. The summed E-state index contributed by atoms with van der Waals surface area (Å²) in [7, 11) is -2.99. The highest BCUT2D eigenvalue weighted by molar-refractivity contribution is 7.91. The van der Waals surface area contributed by atoms with Crippen molar-refractivity contribution in [3.63, 3.8) is 0 Å². The second-order valence-corrected chi connectivity index (χ2v) is 7.97. The number of anilines is 1. The van der Waals surface area contributed by atoms with Crippen molar-refractivity contribution in [3.8, 4) is 0 Å². The van der Waals surface area contributed by atoms with Crippen LogP contribution >= 0.6 is 0 Å². The van der Waals surface area contributed by atoms with Gasteiger partial charge in [-0.1, -0.05) is 6.92 Å². The summed E-state index contributed by atoms with van der Waals surface area (Å²) < 4.78 is 23.1. The van der Waals surface area contributed by atoms with E-state index in [1.807, 2.05) is 6.92 Å². The molecule has 2 N–H and O–H groups in total. The molecule has 0 radical (unpaired) electrons. The SMILES string of the molecule is CCS(=O)(=O)CC(C)Nc1ccc(C(=O)NC2CC2)cc1. The Labute approximate surface area is 126 Å². The molecule has 0 saturated heterocycles. The zero-order valence-corrected chi connectivity index (χ0v) is 13.2. The van der Waals surface area contributed by atoms with Crippen molar-refractivity contribution in [2.75, 3.05) is 16.8 Å². The standard InChI is InChI=1S/C15H22N2O3S/c1-3-21(19,20)10-11(2)16-13-6-4-12(5-7-13)15(18)17-14-8-9-14/h4-7,11,14,16H,3,8-10H2,1-2H3,(H,17,18). The Morgan fingerprint density at radius 2 is 1.90 bits per heavy atom. The predicted octanol–water partition coefficient (Wildman–Crippen LogP) is 1.81. The third-order valence-electron chi connectivity index (χ3n) is 3.42. The van der Waals surface area contributed by atoms with E-state index in [4.69, 9.17) is 0 Å². The van der Waals surface area contributed by atoms with Gasteiger partial charge in [0.15, 0.2) is 9.84 Å². The Balaban J connectivity index is 1.90. The van der Waals surface area contributed by atoms with Crippen molar-refractivity contribution < 1.29 is 13.2 Å². The van der Waals surface area contributed by atoms with E-state index in [1.54, 1.807) is 31.2 Å². The number of amides is 1. The Hall–Kier alpha value is -1.56. The lowest BCUT2D eigenvalue weighted by Crippen LogP contribution is -2.27. The van der Waals surface area contributed by atoms with Gasteiger partial charge in [0, 0.05) is 29.1 Å². The zero-order valence-electron chi connectivity index (χ0n) is 12.4. The summed E-state index contributed by atoms with van der Waals surface area (Å²) in [5.41, 5.74) is 1.44. The lowest BCUT2D eigenvalue weighted by molar-refractivity contribution is 0.0951. The van der Waals surface area contributed by atoms with Gasteiger partial charge in [-0.3, -0.25) is 4.79 Å². The normalized spacial score (nSPS) is 16.3. The molecule has 5 nitrogen and oxygen atoms in total. The van der Waals surface area contributed by atoms with E-state index in [0.29, 0.717) is 11.6 Å². The zero-order chi connectivity index (χ0) is 15.5. The van der Waals surface area contributed by atoms with Gasteiger partial charge < -0.3 is 10.6 Å². The van der Waals surface area contributed by atoms with Crippen LogP contribution in [0.1, 0.15) is 37.0 Å². The average Bonchev–Trinajstić information content (AvgIpc) is 3.22. The molecule has 1 amide bonds. The lowest BCUT2D eigenvalue weighted by atomic mass is 10.2. The van der Waals surface area contributed by atoms with E-state index >= 15 is 0 Å². The van der Waals surface area contributed by atoms with Crippen LogP contribution in [0, 0.1) is 0 Å². The number of carbonyl (C=O) groups excluding carboxylic acids is 1. The number of hydrogen-bond acceptors (Lipinski definition) is 4. The summed E-state index contributed by atoms with van der Waals surface area (Å²) in [6.07, 6.45) is 2.13.